The Morgan fingerprint density at radius 3 is 3.00 bits per heavy atom. The quantitative estimate of drug-likeness (QED) is 0.902. The third-order valence-corrected chi connectivity index (χ3v) is 3.92. The summed E-state index contributed by atoms with van der Waals surface area (Å²) >= 11 is 0. The van der Waals surface area contributed by atoms with E-state index >= 15 is 0 Å². The van der Waals surface area contributed by atoms with Gasteiger partial charge in [-0.1, -0.05) is 25.5 Å². The van der Waals surface area contributed by atoms with Crippen LogP contribution < -0.4 is 4.74 Å². The Balaban J connectivity index is 2.11. The number of hydrogen-bond acceptors (Lipinski definition) is 3. The monoisotopic (exact) mass is 282 g/mol. The van der Waals surface area contributed by atoms with Gasteiger partial charge in [0.25, 0.3) is 0 Å². The van der Waals surface area contributed by atoms with Crippen LogP contribution in [0.4, 0.5) is 4.39 Å². The fourth-order valence-electron chi connectivity index (χ4n) is 2.87. The van der Waals surface area contributed by atoms with Crippen molar-refractivity contribution in [2.24, 2.45) is 0 Å². The molecule has 2 unspecified atom stereocenters. The number of hydrogen-bond donors (Lipinski definition) is 1. The van der Waals surface area contributed by atoms with Crippen molar-refractivity contribution in [2.75, 3.05) is 13.7 Å². The molecule has 0 saturated carbocycles. The lowest BCUT2D eigenvalue weighted by Gasteiger charge is -2.37. The average molecular weight is 282 g/mol. The molecule has 0 aromatic heterocycles. The summed E-state index contributed by atoms with van der Waals surface area (Å²) in [6, 6.07) is 5.05. The van der Waals surface area contributed by atoms with Gasteiger partial charge in [0.1, 0.15) is 0 Å². The molecule has 1 fully saturated rings. The lowest BCUT2D eigenvalue weighted by atomic mass is 9.83. The van der Waals surface area contributed by atoms with Crippen LogP contribution in [0.2, 0.25) is 0 Å². The van der Waals surface area contributed by atoms with E-state index in [1.807, 2.05) is 0 Å². The summed E-state index contributed by atoms with van der Waals surface area (Å²) in [6.07, 6.45) is 3.45. The van der Waals surface area contributed by atoms with Crippen LogP contribution in [0.15, 0.2) is 18.2 Å². The molecule has 1 aliphatic heterocycles. The van der Waals surface area contributed by atoms with E-state index in [1.165, 1.54) is 7.11 Å². The zero-order valence-corrected chi connectivity index (χ0v) is 12.2. The van der Waals surface area contributed by atoms with Gasteiger partial charge in [-0.2, -0.15) is 0 Å². The van der Waals surface area contributed by atoms with Gasteiger partial charge >= 0.3 is 0 Å². The minimum Gasteiger partial charge on any atom is -0.494 e. The van der Waals surface area contributed by atoms with Crippen molar-refractivity contribution in [1.82, 2.24) is 0 Å². The van der Waals surface area contributed by atoms with Crippen LogP contribution in [0.1, 0.15) is 38.2 Å². The van der Waals surface area contributed by atoms with E-state index < -0.39 is 5.60 Å². The summed E-state index contributed by atoms with van der Waals surface area (Å²) in [5.41, 5.74) is -0.380. The first kappa shape index (κ1) is 15.3. The van der Waals surface area contributed by atoms with E-state index in [0.29, 0.717) is 31.4 Å². The highest BCUT2D eigenvalue weighted by Crippen LogP contribution is 2.32. The fraction of sp³-hybridized carbons (Fsp3) is 0.625. The van der Waals surface area contributed by atoms with Crippen molar-refractivity contribution in [2.45, 2.75) is 50.7 Å². The molecule has 0 aliphatic carbocycles. The molecule has 1 aromatic rings. The van der Waals surface area contributed by atoms with Crippen molar-refractivity contribution < 1.29 is 19.0 Å². The zero-order valence-electron chi connectivity index (χ0n) is 12.2. The van der Waals surface area contributed by atoms with Gasteiger partial charge in [-0.25, -0.2) is 4.39 Å². The van der Waals surface area contributed by atoms with E-state index in [2.05, 4.69) is 6.92 Å². The van der Waals surface area contributed by atoms with Crippen LogP contribution in [0.3, 0.4) is 0 Å². The van der Waals surface area contributed by atoms with E-state index in [1.54, 1.807) is 18.2 Å². The van der Waals surface area contributed by atoms with Crippen molar-refractivity contribution in [3.8, 4) is 5.75 Å². The van der Waals surface area contributed by atoms with Crippen molar-refractivity contribution in [3.05, 3.63) is 29.6 Å². The number of methoxy groups -OCH3 is 1. The summed E-state index contributed by atoms with van der Waals surface area (Å²) in [6.45, 7) is 2.63. The Bertz CT molecular complexity index is 447. The molecule has 1 heterocycles. The van der Waals surface area contributed by atoms with Gasteiger partial charge in [-0.05, 0) is 24.5 Å². The van der Waals surface area contributed by atoms with Gasteiger partial charge in [-0.3, -0.25) is 0 Å². The first-order chi connectivity index (χ1) is 9.58. The van der Waals surface area contributed by atoms with Crippen molar-refractivity contribution in [3.63, 3.8) is 0 Å². The molecule has 1 N–H and O–H groups in total. The zero-order chi connectivity index (χ0) is 14.6. The second kappa shape index (κ2) is 6.55. The van der Waals surface area contributed by atoms with Crippen molar-refractivity contribution in [1.29, 1.82) is 0 Å². The summed E-state index contributed by atoms with van der Waals surface area (Å²) in [5, 5.41) is 10.7. The van der Waals surface area contributed by atoms with Gasteiger partial charge in [0.15, 0.2) is 11.6 Å². The van der Waals surface area contributed by atoms with Crippen LogP contribution in [0, 0.1) is 5.82 Å². The van der Waals surface area contributed by atoms with Crippen LogP contribution in [0.25, 0.3) is 0 Å². The molecule has 20 heavy (non-hydrogen) atoms. The largest absolute Gasteiger partial charge is 0.494 e. The van der Waals surface area contributed by atoms with Gasteiger partial charge in [0.05, 0.1) is 18.8 Å². The molecule has 1 aromatic carbocycles. The molecule has 0 amide bonds. The number of halogens is 1. The first-order valence-electron chi connectivity index (χ1n) is 7.23. The Morgan fingerprint density at radius 2 is 2.30 bits per heavy atom. The maximum atomic E-state index is 14.2. The highest BCUT2D eigenvalue weighted by Gasteiger charge is 2.35. The highest BCUT2D eigenvalue weighted by atomic mass is 19.1. The van der Waals surface area contributed by atoms with E-state index in [-0.39, 0.29) is 17.7 Å². The standard InChI is InChI=1S/C16H23FO3/c1-3-5-13-11-16(18,8-9-20-13)10-12-6-4-7-14(19-2)15(12)17/h4,6-7,13,18H,3,5,8-11H2,1-2H3. The highest BCUT2D eigenvalue weighted by molar-refractivity contribution is 5.32. The minimum absolute atomic E-state index is 0.0763. The van der Waals surface area contributed by atoms with E-state index in [0.717, 1.165) is 12.8 Å². The predicted molar refractivity (Wildman–Crippen MR) is 75.5 cm³/mol. The van der Waals surface area contributed by atoms with E-state index in [9.17, 15) is 9.50 Å². The summed E-state index contributed by atoms with van der Waals surface area (Å²) in [7, 11) is 1.45. The minimum atomic E-state index is -0.884. The predicted octanol–water partition coefficient (Wildman–Crippen LogP) is 3.09. The number of ether oxygens (including phenoxy) is 2. The second-order valence-electron chi connectivity index (χ2n) is 5.57. The van der Waals surface area contributed by atoms with Crippen molar-refractivity contribution >= 4 is 0 Å². The Hall–Kier alpha value is -1.13. The molecular weight excluding hydrogens is 259 g/mol. The molecule has 4 heteroatoms. The molecule has 0 spiro atoms. The molecule has 2 rings (SSSR count). The van der Waals surface area contributed by atoms with Crippen LogP contribution in [0.5, 0.6) is 5.75 Å². The lowest BCUT2D eigenvalue weighted by Crippen LogP contribution is -2.42. The number of aliphatic hydroxyl groups is 1. The van der Waals surface area contributed by atoms with Crippen LogP contribution in [-0.4, -0.2) is 30.5 Å². The second-order valence-corrected chi connectivity index (χ2v) is 5.57. The fourth-order valence-corrected chi connectivity index (χ4v) is 2.87. The lowest BCUT2D eigenvalue weighted by molar-refractivity contribution is -0.105. The van der Waals surface area contributed by atoms with Gasteiger partial charge in [-0.15, -0.1) is 0 Å². The average Bonchev–Trinajstić information content (AvgIpc) is 2.41. The van der Waals surface area contributed by atoms with Gasteiger partial charge in [0.2, 0.25) is 0 Å². The molecule has 0 radical (unpaired) electrons. The van der Waals surface area contributed by atoms with Gasteiger partial charge in [0, 0.05) is 19.4 Å². The normalized spacial score (nSPS) is 26.5. The Morgan fingerprint density at radius 1 is 1.50 bits per heavy atom. The topological polar surface area (TPSA) is 38.7 Å². The maximum absolute atomic E-state index is 14.2. The van der Waals surface area contributed by atoms with E-state index in [4.69, 9.17) is 9.47 Å². The molecule has 2 atom stereocenters. The molecule has 112 valence electrons. The van der Waals surface area contributed by atoms with Crippen LogP contribution >= 0.6 is 0 Å². The first-order valence-corrected chi connectivity index (χ1v) is 7.23. The third kappa shape index (κ3) is 3.49. The summed E-state index contributed by atoms with van der Waals surface area (Å²) in [4.78, 5) is 0. The molecule has 1 aliphatic rings. The SMILES string of the molecule is CCCC1CC(O)(Cc2cccc(OC)c2F)CCO1. The number of benzene rings is 1. The number of rotatable bonds is 5. The molecular formula is C16H23FO3. The molecule has 3 nitrogen and oxygen atoms in total. The molecule has 0 bridgehead atoms. The third-order valence-electron chi connectivity index (χ3n) is 3.92. The molecule has 1 saturated heterocycles. The summed E-state index contributed by atoms with van der Waals surface area (Å²) < 4.78 is 24.8. The maximum Gasteiger partial charge on any atom is 0.168 e. The van der Waals surface area contributed by atoms with Crippen LogP contribution in [-0.2, 0) is 11.2 Å². The van der Waals surface area contributed by atoms with Gasteiger partial charge < -0.3 is 14.6 Å². The summed E-state index contributed by atoms with van der Waals surface area (Å²) in [5.74, 6) is -0.148. The Kier molecular flexibility index (Phi) is 5.00. The Labute approximate surface area is 119 Å². The smallest absolute Gasteiger partial charge is 0.168 e.